The summed E-state index contributed by atoms with van der Waals surface area (Å²) >= 11 is 0. The Balaban J connectivity index is 1.43. The summed E-state index contributed by atoms with van der Waals surface area (Å²) in [4.78, 5) is 17.5. The number of amides is 1. The summed E-state index contributed by atoms with van der Waals surface area (Å²) in [5, 5.41) is 16.5. The molecule has 1 unspecified atom stereocenters. The molecule has 0 radical (unpaired) electrons. The fourth-order valence-corrected chi connectivity index (χ4v) is 2.59. The number of rotatable bonds is 3. The molecule has 7 heteroatoms. The molecule has 0 spiro atoms. The molecule has 0 bridgehead atoms. The SMILES string of the molecule is O=C(Nc1ccc2c(c1)OCO2)C1CC(c2ccccc2O)=NO1. The second kappa shape index (κ2) is 5.77. The van der Waals surface area contributed by atoms with Gasteiger partial charge in [-0.3, -0.25) is 4.79 Å². The molecule has 0 aliphatic carbocycles. The Morgan fingerprint density at radius 1 is 1.17 bits per heavy atom. The zero-order valence-corrected chi connectivity index (χ0v) is 12.6. The summed E-state index contributed by atoms with van der Waals surface area (Å²) < 4.78 is 10.5. The number of aromatic hydroxyl groups is 1. The largest absolute Gasteiger partial charge is 0.507 e. The lowest BCUT2D eigenvalue weighted by Crippen LogP contribution is -2.28. The van der Waals surface area contributed by atoms with Crippen LogP contribution in [0.4, 0.5) is 5.69 Å². The van der Waals surface area contributed by atoms with Gasteiger partial charge in [0.1, 0.15) is 5.75 Å². The maximum absolute atomic E-state index is 12.3. The van der Waals surface area contributed by atoms with E-state index in [1.54, 1.807) is 42.5 Å². The first-order chi connectivity index (χ1) is 11.7. The number of ether oxygens (including phenoxy) is 2. The Kier molecular flexibility index (Phi) is 3.45. The zero-order valence-electron chi connectivity index (χ0n) is 12.6. The molecule has 2 aliphatic rings. The summed E-state index contributed by atoms with van der Waals surface area (Å²) in [5.74, 6) is 1.03. The van der Waals surface area contributed by atoms with Gasteiger partial charge in [-0.2, -0.15) is 0 Å². The van der Waals surface area contributed by atoms with Crippen LogP contribution in [-0.2, 0) is 9.63 Å². The van der Waals surface area contributed by atoms with Crippen LogP contribution in [0.1, 0.15) is 12.0 Å². The molecule has 2 aromatic carbocycles. The Labute approximate surface area is 137 Å². The molecule has 1 amide bonds. The number of carbonyl (C=O) groups excluding carboxylic acids is 1. The number of phenolic OH excluding ortho intramolecular Hbond substituents is 1. The third-order valence-corrected chi connectivity index (χ3v) is 3.82. The maximum atomic E-state index is 12.3. The minimum atomic E-state index is -0.745. The van der Waals surface area contributed by atoms with Crippen molar-refractivity contribution in [2.75, 3.05) is 12.1 Å². The second-order valence-corrected chi connectivity index (χ2v) is 5.41. The van der Waals surface area contributed by atoms with Crippen molar-refractivity contribution in [3.63, 3.8) is 0 Å². The van der Waals surface area contributed by atoms with Gasteiger partial charge in [0.05, 0.1) is 5.71 Å². The minimum Gasteiger partial charge on any atom is -0.507 e. The fraction of sp³-hybridized carbons (Fsp3) is 0.176. The van der Waals surface area contributed by atoms with Crippen LogP contribution in [0.5, 0.6) is 17.2 Å². The Morgan fingerprint density at radius 3 is 2.88 bits per heavy atom. The van der Waals surface area contributed by atoms with E-state index in [0.717, 1.165) is 0 Å². The molecule has 1 atom stereocenters. The summed E-state index contributed by atoms with van der Waals surface area (Å²) in [5.41, 5.74) is 1.69. The molecule has 4 rings (SSSR count). The van der Waals surface area contributed by atoms with Crippen molar-refractivity contribution >= 4 is 17.3 Å². The molecule has 7 nitrogen and oxygen atoms in total. The van der Waals surface area contributed by atoms with Crippen LogP contribution in [0.2, 0.25) is 0 Å². The van der Waals surface area contributed by atoms with Crippen molar-refractivity contribution in [3.05, 3.63) is 48.0 Å². The molecule has 0 fully saturated rings. The number of benzene rings is 2. The second-order valence-electron chi connectivity index (χ2n) is 5.41. The lowest BCUT2D eigenvalue weighted by atomic mass is 10.0. The smallest absolute Gasteiger partial charge is 0.268 e. The predicted octanol–water partition coefficient (Wildman–Crippen LogP) is 2.25. The molecule has 0 saturated carbocycles. The third-order valence-electron chi connectivity index (χ3n) is 3.82. The van der Waals surface area contributed by atoms with E-state index in [2.05, 4.69) is 10.5 Å². The zero-order chi connectivity index (χ0) is 16.5. The van der Waals surface area contributed by atoms with Gasteiger partial charge in [-0.15, -0.1) is 0 Å². The highest BCUT2D eigenvalue weighted by Crippen LogP contribution is 2.34. The summed E-state index contributed by atoms with van der Waals surface area (Å²) in [6.07, 6.45) is -0.460. The van der Waals surface area contributed by atoms with E-state index in [9.17, 15) is 9.90 Å². The van der Waals surface area contributed by atoms with Gasteiger partial charge in [0.25, 0.3) is 5.91 Å². The molecule has 122 valence electrons. The number of nitrogens with zero attached hydrogens (tertiary/aromatic N) is 1. The van der Waals surface area contributed by atoms with Crippen molar-refractivity contribution in [2.24, 2.45) is 5.16 Å². The number of phenols is 1. The van der Waals surface area contributed by atoms with Gasteiger partial charge in [-0.1, -0.05) is 17.3 Å². The van der Waals surface area contributed by atoms with Gasteiger partial charge in [-0.25, -0.2) is 0 Å². The Bertz CT molecular complexity index is 833. The van der Waals surface area contributed by atoms with Crippen molar-refractivity contribution in [1.82, 2.24) is 0 Å². The monoisotopic (exact) mass is 326 g/mol. The van der Waals surface area contributed by atoms with Gasteiger partial charge >= 0.3 is 0 Å². The predicted molar refractivity (Wildman–Crippen MR) is 85.3 cm³/mol. The van der Waals surface area contributed by atoms with E-state index in [1.807, 2.05) is 0 Å². The average molecular weight is 326 g/mol. The number of hydrogen-bond acceptors (Lipinski definition) is 6. The van der Waals surface area contributed by atoms with Gasteiger partial charge in [0.15, 0.2) is 11.5 Å². The molecule has 2 aromatic rings. The number of nitrogens with one attached hydrogen (secondary N) is 1. The average Bonchev–Trinajstić information content (AvgIpc) is 3.24. The molecule has 2 heterocycles. The molecule has 0 aromatic heterocycles. The first-order valence-corrected chi connectivity index (χ1v) is 7.42. The van der Waals surface area contributed by atoms with Crippen molar-refractivity contribution < 1.29 is 24.2 Å². The van der Waals surface area contributed by atoms with Crippen LogP contribution in [0.25, 0.3) is 0 Å². The number of hydrogen-bond donors (Lipinski definition) is 2. The molecule has 2 aliphatic heterocycles. The van der Waals surface area contributed by atoms with E-state index in [1.165, 1.54) is 0 Å². The standard InChI is InChI=1S/C17H14N2O5/c20-13-4-2-1-3-11(13)12-8-16(24-19-12)17(21)18-10-5-6-14-15(7-10)23-9-22-14/h1-7,16,20H,8-9H2,(H,18,21). The molecule has 0 saturated heterocycles. The minimum absolute atomic E-state index is 0.108. The van der Waals surface area contributed by atoms with E-state index in [-0.39, 0.29) is 24.9 Å². The molecule has 2 N–H and O–H groups in total. The van der Waals surface area contributed by atoms with Gasteiger partial charge in [0, 0.05) is 23.7 Å². The van der Waals surface area contributed by atoms with E-state index >= 15 is 0 Å². The van der Waals surface area contributed by atoms with Crippen molar-refractivity contribution in [3.8, 4) is 17.2 Å². The molecular weight excluding hydrogens is 312 g/mol. The van der Waals surface area contributed by atoms with Crippen LogP contribution >= 0.6 is 0 Å². The topological polar surface area (TPSA) is 89.4 Å². The van der Waals surface area contributed by atoms with Crippen LogP contribution in [0.3, 0.4) is 0 Å². The quantitative estimate of drug-likeness (QED) is 0.903. The van der Waals surface area contributed by atoms with Crippen molar-refractivity contribution in [1.29, 1.82) is 0 Å². The molecular formula is C17H14N2O5. The maximum Gasteiger partial charge on any atom is 0.268 e. The van der Waals surface area contributed by atoms with Gasteiger partial charge in [0.2, 0.25) is 12.9 Å². The van der Waals surface area contributed by atoms with E-state index in [0.29, 0.717) is 28.5 Å². The van der Waals surface area contributed by atoms with E-state index in [4.69, 9.17) is 14.3 Å². The normalized spacial score (nSPS) is 18.0. The summed E-state index contributed by atoms with van der Waals surface area (Å²) in [6.45, 7) is 0.177. The van der Waals surface area contributed by atoms with Crippen LogP contribution in [0.15, 0.2) is 47.6 Å². The number of anilines is 1. The molecule has 24 heavy (non-hydrogen) atoms. The number of carbonyl (C=O) groups is 1. The lowest BCUT2D eigenvalue weighted by Gasteiger charge is -2.10. The third kappa shape index (κ3) is 2.60. The highest BCUT2D eigenvalue weighted by molar-refractivity contribution is 6.07. The Morgan fingerprint density at radius 2 is 2.00 bits per heavy atom. The lowest BCUT2D eigenvalue weighted by molar-refractivity contribution is -0.125. The highest BCUT2D eigenvalue weighted by atomic mass is 16.7. The first-order valence-electron chi connectivity index (χ1n) is 7.42. The highest BCUT2D eigenvalue weighted by Gasteiger charge is 2.30. The number of fused-ring (bicyclic) bond motifs is 1. The van der Waals surface area contributed by atoms with Crippen LogP contribution in [0, 0.1) is 0 Å². The van der Waals surface area contributed by atoms with Crippen molar-refractivity contribution in [2.45, 2.75) is 12.5 Å². The first kappa shape index (κ1) is 14.4. The number of para-hydroxylation sites is 1. The summed E-state index contributed by atoms with van der Waals surface area (Å²) in [6, 6.07) is 12.0. The Hall–Kier alpha value is -3.22. The summed E-state index contributed by atoms with van der Waals surface area (Å²) in [7, 11) is 0. The fourth-order valence-electron chi connectivity index (χ4n) is 2.59. The van der Waals surface area contributed by atoms with Crippen LogP contribution in [-0.4, -0.2) is 29.6 Å². The van der Waals surface area contributed by atoms with Gasteiger partial charge in [-0.05, 0) is 24.3 Å². The van der Waals surface area contributed by atoms with Crippen LogP contribution < -0.4 is 14.8 Å². The van der Waals surface area contributed by atoms with Gasteiger partial charge < -0.3 is 24.7 Å². The van der Waals surface area contributed by atoms with E-state index < -0.39 is 6.10 Å². The number of oxime groups is 1.